The fraction of sp³-hybridized carbons (Fsp3) is 0.545. The van der Waals surface area contributed by atoms with Crippen LogP contribution in [-0.2, 0) is 27.2 Å². The van der Waals surface area contributed by atoms with E-state index in [1.54, 1.807) is 0 Å². The molecule has 0 spiro atoms. The molecule has 0 amide bonds. The Morgan fingerprint density at radius 3 is 2.81 bits per heavy atom. The Hall–Kier alpha value is -1.65. The van der Waals surface area contributed by atoms with Crippen LogP contribution in [0, 0.1) is 0 Å². The Kier molecular flexibility index (Phi) is 2.05. The number of hydrogen-bond acceptors (Lipinski definition) is 4. The molecule has 5 nitrogen and oxygen atoms in total. The summed E-state index contributed by atoms with van der Waals surface area (Å²) in [5, 5.41) is 7.16. The summed E-state index contributed by atoms with van der Waals surface area (Å²) in [4.78, 5) is 22.5. The summed E-state index contributed by atoms with van der Waals surface area (Å²) in [5.41, 5.74) is 2.97. The fourth-order valence-corrected chi connectivity index (χ4v) is 2.48. The number of carbonyl (C=O) groups is 2. The molecular formula is C11H12N2O3. The summed E-state index contributed by atoms with van der Waals surface area (Å²) >= 11 is 0. The molecule has 16 heavy (non-hydrogen) atoms. The lowest BCUT2D eigenvalue weighted by Gasteiger charge is -2.12. The van der Waals surface area contributed by atoms with E-state index in [4.69, 9.17) is 0 Å². The van der Waals surface area contributed by atoms with Crippen molar-refractivity contribution in [1.29, 1.82) is 0 Å². The third-order valence-electron chi connectivity index (χ3n) is 3.29. The molecule has 0 aromatic carbocycles. The van der Waals surface area contributed by atoms with Crippen LogP contribution in [0.15, 0.2) is 0 Å². The van der Waals surface area contributed by atoms with Crippen molar-refractivity contribution in [2.45, 2.75) is 38.0 Å². The minimum atomic E-state index is -0.481. The number of fused-ring (bicyclic) bond motifs is 1. The molecular weight excluding hydrogens is 208 g/mol. The van der Waals surface area contributed by atoms with Crippen molar-refractivity contribution in [3.05, 3.63) is 17.0 Å². The number of rotatable bonds is 1. The summed E-state index contributed by atoms with van der Waals surface area (Å²) in [6.07, 6.45) is 4.34. The molecule has 1 saturated heterocycles. The third kappa shape index (κ3) is 1.35. The number of esters is 2. The van der Waals surface area contributed by atoms with E-state index >= 15 is 0 Å². The van der Waals surface area contributed by atoms with E-state index in [9.17, 15) is 9.59 Å². The van der Waals surface area contributed by atoms with Gasteiger partial charge in [0.25, 0.3) is 0 Å². The predicted octanol–water partition coefficient (Wildman–Crippen LogP) is 0.846. The van der Waals surface area contributed by atoms with Gasteiger partial charge in [-0.1, -0.05) is 0 Å². The van der Waals surface area contributed by atoms with Gasteiger partial charge in [0.2, 0.25) is 0 Å². The Morgan fingerprint density at radius 2 is 2.06 bits per heavy atom. The van der Waals surface area contributed by atoms with Crippen molar-refractivity contribution in [3.63, 3.8) is 0 Å². The maximum Gasteiger partial charge on any atom is 0.323 e. The van der Waals surface area contributed by atoms with Crippen LogP contribution in [0.5, 0.6) is 0 Å². The Bertz CT molecular complexity index is 464. The number of H-pyrrole nitrogens is 1. The molecule has 5 heteroatoms. The van der Waals surface area contributed by atoms with Gasteiger partial charge >= 0.3 is 11.9 Å². The van der Waals surface area contributed by atoms with Crippen LogP contribution < -0.4 is 0 Å². The van der Waals surface area contributed by atoms with Gasteiger partial charge in [0.15, 0.2) is 0 Å². The van der Waals surface area contributed by atoms with Crippen molar-refractivity contribution >= 4 is 11.9 Å². The molecule has 1 aromatic rings. The van der Waals surface area contributed by atoms with Crippen LogP contribution in [0.4, 0.5) is 0 Å². The SMILES string of the molecule is O=C1CC(c2n[nH]c3c2CCCC3)C(=O)O1. The molecule has 1 aliphatic carbocycles. The summed E-state index contributed by atoms with van der Waals surface area (Å²) < 4.78 is 4.56. The molecule has 1 aliphatic heterocycles. The number of nitrogens with one attached hydrogen (secondary N) is 1. The van der Waals surface area contributed by atoms with Gasteiger partial charge in [-0.2, -0.15) is 5.10 Å². The standard InChI is InChI=1S/C11H12N2O3/c14-9-5-7(11(15)16-9)10-6-3-1-2-4-8(6)12-13-10/h7H,1-5H2,(H,12,13). The number of aromatic nitrogens is 2. The fourth-order valence-electron chi connectivity index (χ4n) is 2.48. The van der Waals surface area contributed by atoms with E-state index in [0.29, 0.717) is 0 Å². The van der Waals surface area contributed by atoms with E-state index in [1.165, 1.54) is 0 Å². The third-order valence-corrected chi connectivity index (χ3v) is 3.29. The highest BCUT2D eigenvalue weighted by atomic mass is 16.6. The molecule has 84 valence electrons. The van der Waals surface area contributed by atoms with Gasteiger partial charge in [-0.25, -0.2) is 0 Å². The molecule has 0 saturated carbocycles. The normalized spacial score (nSPS) is 24.4. The van der Waals surface area contributed by atoms with Gasteiger partial charge < -0.3 is 4.74 Å². The first-order valence-electron chi connectivity index (χ1n) is 5.56. The lowest BCUT2D eigenvalue weighted by molar-refractivity contribution is -0.152. The average Bonchev–Trinajstić information content (AvgIpc) is 2.81. The number of cyclic esters (lactones) is 2. The van der Waals surface area contributed by atoms with E-state index < -0.39 is 17.9 Å². The largest absolute Gasteiger partial charge is 0.393 e. The maximum atomic E-state index is 11.5. The molecule has 2 aliphatic rings. The molecule has 0 bridgehead atoms. The Morgan fingerprint density at radius 1 is 1.25 bits per heavy atom. The first-order valence-corrected chi connectivity index (χ1v) is 5.56. The van der Waals surface area contributed by atoms with Gasteiger partial charge in [-0.3, -0.25) is 14.7 Å². The van der Waals surface area contributed by atoms with E-state index in [2.05, 4.69) is 14.9 Å². The second-order valence-electron chi connectivity index (χ2n) is 4.32. The van der Waals surface area contributed by atoms with Crippen molar-refractivity contribution in [2.75, 3.05) is 0 Å². The first kappa shape index (κ1) is 9.57. The van der Waals surface area contributed by atoms with Crippen molar-refractivity contribution in [3.8, 4) is 0 Å². The summed E-state index contributed by atoms with van der Waals surface area (Å²) in [5.74, 6) is -1.38. The molecule has 1 unspecified atom stereocenters. The predicted molar refractivity (Wildman–Crippen MR) is 53.7 cm³/mol. The van der Waals surface area contributed by atoms with Crippen LogP contribution in [0.3, 0.4) is 0 Å². The van der Waals surface area contributed by atoms with Gasteiger partial charge in [-0.05, 0) is 31.2 Å². The van der Waals surface area contributed by atoms with E-state index in [0.717, 1.165) is 42.6 Å². The highest BCUT2D eigenvalue weighted by Gasteiger charge is 2.38. The lowest BCUT2D eigenvalue weighted by Crippen LogP contribution is -2.10. The van der Waals surface area contributed by atoms with Gasteiger partial charge in [0, 0.05) is 5.69 Å². The molecule has 1 fully saturated rings. The van der Waals surface area contributed by atoms with Crippen molar-refractivity contribution in [2.24, 2.45) is 0 Å². The molecule has 2 heterocycles. The highest BCUT2D eigenvalue weighted by Crippen LogP contribution is 2.32. The Balaban J connectivity index is 1.97. The number of aryl methyl sites for hydroxylation is 1. The first-order chi connectivity index (χ1) is 7.75. The quantitative estimate of drug-likeness (QED) is 0.562. The minimum Gasteiger partial charge on any atom is -0.393 e. The zero-order valence-electron chi connectivity index (χ0n) is 8.78. The number of aromatic amines is 1. The number of ether oxygens (including phenoxy) is 1. The average molecular weight is 220 g/mol. The van der Waals surface area contributed by atoms with Crippen LogP contribution in [0.1, 0.15) is 42.1 Å². The van der Waals surface area contributed by atoms with Crippen molar-refractivity contribution in [1.82, 2.24) is 10.2 Å². The molecule has 1 N–H and O–H groups in total. The smallest absolute Gasteiger partial charge is 0.323 e. The molecule has 0 radical (unpaired) electrons. The lowest BCUT2D eigenvalue weighted by atomic mass is 9.91. The summed E-state index contributed by atoms with van der Waals surface area (Å²) in [6, 6.07) is 0. The van der Waals surface area contributed by atoms with E-state index in [-0.39, 0.29) is 6.42 Å². The maximum absolute atomic E-state index is 11.5. The second kappa shape index (κ2) is 3.43. The summed E-state index contributed by atoms with van der Waals surface area (Å²) in [6.45, 7) is 0. The van der Waals surface area contributed by atoms with Crippen LogP contribution in [-0.4, -0.2) is 22.1 Å². The second-order valence-corrected chi connectivity index (χ2v) is 4.32. The van der Waals surface area contributed by atoms with Crippen LogP contribution >= 0.6 is 0 Å². The zero-order valence-corrected chi connectivity index (χ0v) is 8.78. The van der Waals surface area contributed by atoms with Crippen LogP contribution in [0.25, 0.3) is 0 Å². The Labute approximate surface area is 92.2 Å². The minimum absolute atomic E-state index is 0.135. The summed E-state index contributed by atoms with van der Waals surface area (Å²) in [7, 11) is 0. The number of nitrogens with zero attached hydrogens (tertiary/aromatic N) is 1. The molecule has 1 aromatic heterocycles. The van der Waals surface area contributed by atoms with Gasteiger partial charge in [0.1, 0.15) is 5.92 Å². The molecule has 3 rings (SSSR count). The van der Waals surface area contributed by atoms with E-state index in [1.807, 2.05) is 0 Å². The molecule has 1 atom stereocenters. The van der Waals surface area contributed by atoms with Gasteiger partial charge in [0.05, 0.1) is 12.1 Å². The number of carbonyl (C=O) groups excluding carboxylic acids is 2. The van der Waals surface area contributed by atoms with Crippen LogP contribution in [0.2, 0.25) is 0 Å². The topological polar surface area (TPSA) is 72.0 Å². The highest BCUT2D eigenvalue weighted by molar-refractivity contribution is 5.97. The van der Waals surface area contributed by atoms with Gasteiger partial charge in [-0.15, -0.1) is 0 Å². The monoisotopic (exact) mass is 220 g/mol. The number of hydrogen-bond donors (Lipinski definition) is 1. The van der Waals surface area contributed by atoms with Crippen molar-refractivity contribution < 1.29 is 14.3 Å². The zero-order chi connectivity index (χ0) is 11.1.